The van der Waals surface area contributed by atoms with Crippen molar-refractivity contribution in [3.63, 3.8) is 0 Å². The Morgan fingerprint density at radius 2 is 1.64 bits per heavy atom. The molecule has 0 aromatic heterocycles. The summed E-state index contributed by atoms with van der Waals surface area (Å²) < 4.78 is 0. The largest absolute Gasteiger partial charge is 0.507 e. The first-order chi connectivity index (χ1) is 10.6. The van der Waals surface area contributed by atoms with Gasteiger partial charge in [-0.3, -0.25) is 0 Å². The first kappa shape index (κ1) is 14.9. The molecule has 0 heterocycles. The SMILES string of the molecule is C[NH+](Cc1ccc(Cl)cc1)Cc1c(O)ccc2ccccc12. The van der Waals surface area contributed by atoms with E-state index in [1.807, 2.05) is 30.3 Å². The van der Waals surface area contributed by atoms with E-state index in [2.05, 4.69) is 31.3 Å². The van der Waals surface area contributed by atoms with Crippen molar-refractivity contribution in [3.8, 4) is 5.75 Å². The molecular weight excluding hydrogens is 294 g/mol. The zero-order valence-electron chi connectivity index (χ0n) is 12.5. The minimum atomic E-state index is 0.370. The van der Waals surface area contributed by atoms with Gasteiger partial charge in [-0.05, 0) is 29.0 Å². The lowest BCUT2D eigenvalue weighted by atomic mass is 10.0. The maximum Gasteiger partial charge on any atom is 0.125 e. The van der Waals surface area contributed by atoms with Crippen LogP contribution in [-0.4, -0.2) is 12.2 Å². The molecular formula is C19H19ClNO+. The Labute approximate surface area is 135 Å². The van der Waals surface area contributed by atoms with E-state index in [9.17, 15) is 5.11 Å². The summed E-state index contributed by atoms with van der Waals surface area (Å²) in [5.74, 6) is 0.370. The molecule has 3 aromatic carbocycles. The average Bonchev–Trinajstić information content (AvgIpc) is 2.52. The van der Waals surface area contributed by atoms with Crippen molar-refractivity contribution in [2.24, 2.45) is 0 Å². The highest BCUT2D eigenvalue weighted by Crippen LogP contribution is 2.26. The van der Waals surface area contributed by atoms with E-state index in [0.717, 1.165) is 34.4 Å². The van der Waals surface area contributed by atoms with Gasteiger partial charge >= 0.3 is 0 Å². The number of benzene rings is 3. The fraction of sp³-hybridized carbons (Fsp3) is 0.158. The van der Waals surface area contributed by atoms with Gasteiger partial charge in [0.2, 0.25) is 0 Å². The normalized spacial score (nSPS) is 12.5. The summed E-state index contributed by atoms with van der Waals surface area (Å²) in [6.07, 6.45) is 0. The van der Waals surface area contributed by atoms with Crippen LogP contribution < -0.4 is 4.90 Å². The van der Waals surface area contributed by atoms with Crippen molar-refractivity contribution in [2.75, 3.05) is 7.05 Å². The Morgan fingerprint density at radius 1 is 0.909 bits per heavy atom. The molecule has 0 aliphatic rings. The molecule has 3 rings (SSSR count). The molecule has 1 unspecified atom stereocenters. The van der Waals surface area contributed by atoms with E-state index in [4.69, 9.17) is 11.6 Å². The van der Waals surface area contributed by atoms with Crippen LogP contribution in [0.15, 0.2) is 60.7 Å². The first-order valence-electron chi connectivity index (χ1n) is 7.39. The van der Waals surface area contributed by atoms with Crippen LogP contribution in [0.5, 0.6) is 5.75 Å². The summed E-state index contributed by atoms with van der Waals surface area (Å²) in [5.41, 5.74) is 2.24. The fourth-order valence-corrected chi connectivity index (χ4v) is 2.95. The molecule has 0 aliphatic heterocycles. The zero-order chi connectivity index (χ0) is 15.5. The van der Waals surface area contributed by atoms with Gasteiger partial charge in [0.1, 0.15) is 18.8 Å². The number of nitrogens with one attached hydrogen (secondary N) is 1. The Morgan fingerprint density at radius 3 is 2.41 bits per heavy atom. The lowest BCUT2D eigenvalue weighted by molar-refractivity contribution is -0.907. The van der Waals surface area contributed by atoms with E-state index in [1.165, 1.54) is 10.5 Å². The number of quaternary nitrogens is 1. The average molecular weight is 313 g/mol. The Balaban J connectivity index is 1.83. The van der Waals surface area contributed by atoms with Gasteiger partial charge in [-0.1, -0.05) is 54.1 Å². The standard InChI is InChI=1S/C19H18ClNO/c1-21(12-14-6-9-16(20)10-7-14)13-18-17-5-3-2-4-15(17)8-11-19(18)22/h2-11,22H,12-13H2,1H3/p+1. The quantitative estimate of drug-likeness (QED) is 0.758. The molecule has 0 fully saturated rings. The van der Waals surface area contributed by atoms with Gasteiger partial charge in [0.15, 0.2) is 0 Å². The molecule has 0 saturated carbocycles. The summed E-state index contributed by atoms with van der Waals surface area (Å²) in [4.78, 5) is 1.31. The third kappa shape index (κ3) is 3.24. The molecule has 1 atom stereocenters. The molecule has 112 valence electrons. The number of phenols is 1. The molecule has 0 spiro atoms. The van der Waals surface area contributed by atoms with Crippen LogP contribution in [0.4, 0.5) is 0 Å². The molecule has 0 aliphatic carbocycles. The van der Waals surface area contributed by atoms with E-state index >= 15 is 0 Å². The maximum atomic E-state index is 10.2. The zero-order valence-corrected chi connectivity index (χ0v) is 13.3. The van der Waals surface area contributed by atoms with E-state index in [0.29, 0.717) is 5.75 Å². The molecule has 2 nitrogen and oxygen atoms in total. The van der Waals surface area contributed by atoms with Crippen molar-refractivity contribution in [1.29, 1.82) is 0 Å². The van der Waals surface area contributed by atoms with Crippen LogP contribution in [0.25, 0.3) is 10.8 Å². The van der Waals surface area contributed by atoms with Gasteiger partial charge in [-0.15, -0.1) is 0 Å². The van der Waals surface area contributed by atoms with Gasteiger partial charge in [-0.2, -0.15) is 0 Å². The highest BCUT2D eigenvalue weighted by Gasteiger charge is 2.12. The molecule has 0 radical (unpaired) electrons. The summed E-state index contributed by atoms with van der Waals surface area (Å²) in [6.45, 7) is 1.66. The summed E-state index contributed by atoms with van der Waals surface area (Å²) >= 11 is 5.92. The molecule has 3 heteroatoms. The number of phenolic OH excluding ortho intramolecular Hbond substituents is 1. The Kier molecular flexibility index (Phi) is 4.32. The third-order valence-electron chi connectivity index (χ3n) is 3.91. The smallest absolute Gasteiger partial charge is 0.125 e. The monoisotopic (exact) mass is 312 g/mol. The molecule has 22 heavy (non-hydrogen) atoms. The molecule has 0 amide bonds. The highest BCUT2D eigenvalue weighted by atomic mass is 35.5. The van der Waals surface area contributed by atoms with Crippen molar-refractivity contribution in [1.82, 2.24) is 0 Å². The van der Waals surface area contributed by atoms with Crippen LogP contribution in [0, 0.1) is 0 Å². The molecule has 0 saturated heterocycles. The third-order valence-corrected chi connectivity index (χ3v) is 4.17. The number of hydrogen-bond acceptors (Lipinski definition) is 1. The van der Waals surface area contributed by atoms with Gasteiger partial charge in [0, 0.05) is 10.6 Å². The minimum absolute atomic E-state index is 0.370. The van der Waals surface area contributed by atoms with Crippen LogP contribution >= 0.6 is 11.6 Å². The number of aromatic hydroxyl groups is 1. The fourth-order valence-electron chi connectivity index (χ4n) is 2.83. The van der Waals surface area contributed by atoms with Gasteiger partial charge in [0.25, 0.3) is 0 Å². The minimum Gasteiger partial charge on any atom is -0.507 e. The molecule has 0 bridgehead atoms. The van der Waals surface area contributed by atoms with Crippen molar-refractivity contribution < 1.29 is 10.0 Å². The second-order valence-corrected chi connectivity index (χ2v) is 6.16. The first-order valence-corrected chi connectivity index (χ1v) is 7.76. The maximum absolute atomic E-state index is 10.2. The highest BCUT2D eigenvalue weighted by molar-refractivity contribution is 6.30. The van der Waals surface area contributed by atoms with Crippen molar-refractivity contribution in [3.05, 3.63) is 76.8 Å². The number of fused-ring (bicyclic) bond motifs is 1. The van der Waals surface area contributed by atoms with E-state index in [-0.39, 0.29) is 0 Å². The van der Waals surface area contributed by atoms with Gasteiger partial charge in [0.05, 0.1) is 12.6 Å². The van der Waals surface area contributed by atoms with Crippen LogP contribution in [0.2, 0.25) is 5.02 Å². The lowest BCUT2D eigenvalue weighted by Crippen LogP contribution is -3.06. The van der Waals surface area contributed by atoms with E-state index < -0.39 is 0 Å². The van der Waals surface area contributed by atoms with Crippen LogP contribution in [0.1, 0.15) is 11.1 Å². The summed E-state index contributed by atoms with van der Waals surface area (Å²) in [6, 6.07) is 19.9. The Bertz CT molecular complexity index is 783. The predicted octanol–water partition coefficient (Wildman–Crippen LogP) is 3.41. The van der Waals surface area contributed by atoms with Gasteiger partial charge < -0.3 is 10.0 Å². The Hall–Kier alpha value is -2.03. The predicted molar refractivity (Wildman–Crippen MR) is 91.4 cm³/mol. The lowest BCUT2D eigenvalue weighted by Gasteiger charge is -2.16. The van der Waals surface area contributed by atoms with Crippen molar-refractivity contribution in [2.45, 2.75) is 13.1 Å². The number of rotatable bonds is 4. The molecule has 2 N–H and O–H groups in total. The van der Waals surface area contributed by atoms with Crippen LogP contribution in [0.3, 0.4) is 0 Å². The van der Waals surface area contributed by atoms with Crippen LogP contribution in [-0.2, 0) is 13.1 Å². The molecule has 3 aromatic rings. The van der Waals surface area contributed by atoms with Crippen molar-refractivity contribution >= 4 is 22.4 Å². The summed E-state index contributed by atoms with van der Waals surface area (Å²) in [7, 11) is 2.13. The topological polar surface area (TPSA) is 24.7 Å². The van der Waals surface area contributed by atoms with Gasteiger partial charge in [-0.25, -0.2) is 0 Å². The second-order valence-electron chi connectivity index (χ2n) is 5.72. The van der Waals surface area contributed by atoms with E-state index in [1.54, 1.807) is 6.07 Å². The second kappa shape index (κ2) is 6.39. The number of halogens is 1. The number of hydrogen-bond donors (Lipinski definition) is 2. The summed E-state index contributed by atoms with van der Waals surface area (Å²) in [5, 5.41) is 13.3.